The third kappa shape index (κ3) is 2.01. The molecule has 2 bridgehead atoms. The molecule has 0 saturated carbocycles. The zero-order chi connectivity index (χ0) is 11.0. The second-order valence-electron chi connectivity index (χ2n) is 4.63. The summed E-state index contributed by atoms with van der Waals surface area (Å²) in [6, 6.07) is 0.600. The number of carbonyl (C=O) groups excluding carboxylic acids is 1. The van der Waals surface area contributed by atoms with E-state index in [4.69, 9.17) is 4.74 Å². The van der Waals surface area contributed by atoms with Gasteiger partial charge in [0.25, 0.3) is 0 Å². The van der Waals surface area contributed by atoms with Gasteiger partial charge in [0.05, 0.1) is 6.10 Å². The maximum Gasteiger partial charge on any atom is 0.305 e. The first kappa shape index (κ1) is 10.9. The van der Waals surface area contributed by atoms with Crippen molar-refractivity contribution in [1.82, 2.24) is 4.90 Å². The summed E-state index contributed by atoms with van der Waals surface area (Å²) in [5.41, 5.74) is 0. The highest BCUT2D eigenvalue weighted by Crippen LogP contribution is 2.36. The zero-order valence-corrected chi connectivity index (χ0v) is 9.35. The number of nitrogens with zero attached hydrogens (tertiary/aromatic N) is 1. The van der Waals surface area contributed by atoms with Gasteiger partial charge in [0.2, 0.25) is 0 Å². The minimum absolute atomic E-state index is 0.00963. The third-order valence-corrected chi connectivity index (χ3v) is 3.66. The Morgan fingerprint density at radius 2 is 2.20 bits per heavy atom. The van der Waals surface area contributed by atoms with Gasteiger partial charge in [-0.15, -0.1) is 0 Å². The number of esters is 1. The molecule has 86 valence electrons. The van der Waals surface area contributed by atoms with Crippen LogP contribution in [0.15, 0.2) is 0 Å². The molecule has 2 fully saturated rings. The highest BCUT2D eigenvalue weighted by atomic mass is 16.5. The van der Waals surface area contributed by atoms with E-state index in [0.29, 0.717) is 12.5 Å². The monoisotopic (exact) mass is 213 g/mol. The molecule has 0 spiro atoms. The molecule has 4 unspecified atom stereocenters. The number of hydrogen-bond donors (Lipinski definition) is 1. The van der Waals surface area contributed by atoms with Crippen molar-refractivity contribution in [1.29, 1.82) is 0 Å². The van der Waals surface area contributed by atoms with E-state index < -0.39 is 0 Å². The largest absolute Gasteiger partial charge is 0.461 e. The van der Waals surface area contributed by atoms with E-state index in [2.05, 4.69) is 11.9 Å². The van der Waals surface area contributed by atoms with E-state index in [1.54, 1.807) is 0 Å². The topological polar surface area (TPSA) is 49.8 Å². The van der Waals surface area contributed by atoms with Crippen molar-refractivity contribution in [2.75, 3.05) is 7.05 Å². The highest BCUT2D eigenvalue weighted by Gasteiger charge is 2.46. The Hall–Kier alpha value is -0.610. The molecule has 2 heterocycles. The number of likely N-dealkylation sites (N-methyl/N-ethyl adjacent to an activating group) is 1. The number of rotatable bonds is 2. The van der Waals surface area contributed by atoms with Gasteiger partial charge in [-0.05, 0) is 19.9 Å². The average molecular weight is 213 g/mol. The van der Waals surface area contributed by atoms with Gasteiger partial charge in [0.15, 0.2) is 0 Å². The van der Waals surface area contributed by atoms with Crippen molar-refractivity contribution in [2.45, 2.75) is 56.9 Å². The number of hydrogen-bond acceptors (Lipinski definition) is 4. The number of aliphatic hydroxyl groups excluding tert-OH is 1. The summed E-state index contributed by atoms with van der Waals surface area (Å²) in [6.07, 6.45) is 2.62. The fourth-order valence-electron chi connectivity index (χ4n) is 2.77. The summed E-state index contributed by atoms with van der Waals surface area (Å²) in [5, 5.41) is 9.65. The molecular weight excluding hydrogens is 194 g/mol. The van der Waals surface area contributed by atoms with E-state index in [0.717, 1.165) is 19.3 Å². The minimum atomic E-state index is -0.221. The summed E-state index contributed by atoms with van der Waals surface area (Å²) in [7, 11) is 2.06. The van der Waals surface area contributed by atoms with Crippen molar-refractivity contribution in [2.24, 2.45) is 0 Å². The minimum Gasteiger partial charge on any atom is -0.461 e. The first-order valence-electron chi connectivity index (χ1n) is 5.71. The molecule has 0 aromatic rings. The standard InChI is InChI=1S/C11H19NO3/c1-3-11(14)15-10-5-7-4-8(13)6-9(10)12(7)2/h7-10,13H,3-6H2,1-2H3. The van der Waals surface area contributed by atoms with Crippen LogP contribution in [0.25, 0.3) is 0 Å². The number of ether oxygens (including phenoxy) is 1. The van der Waals surface area contributed by atoms with Crippen LogP contribution in [-0.2, 0) is 9.53 Å². The molecule has 4 heteroatoms. The van der Waals surface area contributed by atoms with Crippen molar-refractivity contribution < 1.29 is 14.6 Å². The predicted octanol–water partition coefficient (Wildman–Crippen LogP) is 0.536. The van der Waals surface area contributed by atoms with Crippen molar-refractivity contribution in [3.8, 4) is 0 Å². The second-order valence-corrected chi connectivity index (χ2v) is 4.63. The molecule has 4 atom stereocenters. The van der Waals surface area contributed by atoms with Crippen LogP contribution >= 0.6 is 0 Å². The molecule has 0 aromatic carbocycles. The molecule has 2 saturated heterocycles. The van der Waals surface area contributed by atoms with Gasteiger partial charge >= 0.3 is 5.97 Å². The van der Waals surface area contributed by atoms with E-state index in [1.807, 2.05) is 6.92 Å². The van der Waals surface area contributed by atoms with Crippen LogP contribution in [0.2, 0.25) is 0 Å². The fourth-order valence-corrected chi connectivity index (χ4v) is 2.77. The molecule has 2 rings (SSSR count). The summed E-state index contributed by atoms with van der Waals surface area (Å²) in [6.45, 7) is 1.81. The third-order valence-electron chi connectivity index (χ3n) is 3.66. The van der Waals surface area contributed by atoms with Crippen LogP contribution in [0.1, 0.15) is 32.6 Å². The number of carbonyl (C=O) groups is 1. The Bertz CT molecular complexity index is 256. The van der Waals surface area contributed by atoms with Crippen LogP contribution in [0.5, 0.6) is 0 Å². The maximum absolute atomic E-state index is 11.2. The molecule has 0 radical (unpaired) electrons. The van der Waals surface area contributed by atoms with Crippen LogP contribution in [0.4, 0.5) is 0 Å². The van der Waals surface area contributed by atoms with Crippen molar-refractivity contribution >= 4 is 5.97 Å². The normalized spacial score (nSPS) is 40.5. The smallest absolute Gasteiger partial charge is 0.305 e. The number of fused-ring (bicyclic) bond motifs is 2. The Balaban J connectivity index is 2.01. The summed E-state index contributed by atoms with van der Waals surface area (Å²) in [4.78, 5) is 13.5. The number of aliphatic hydroxyl groups is 1. The molecule has 0 amide bonds. The van der Waals surface area contributed by atoms with Crippen LogP contribution in [-0.4, -0.2) is 47.3 Å². The van der Waals surface area contributed by atoms with Gasteiger partial charge in [-0.25, -0.2) is 0 Å². The first-order valence-corrected chi connectivity index (χ1v) is 5.71. The van der Waals surface area contributed by atoms with E-state index in [1.165, 1.54) is 0 Å². The SMILES string of the molecule is CCC(=O)OC1CC2CC(O)CC1N2C. The fraction of sp³-hybridized carbons (Fsp3) is 0.909. The lowest BCUT2D eigenvalue weighted by Crippen LogP contribution is -2.44. The lowest BCUT2D eigenvalue weighted by molar-refractivity contribution is -0.150. The molecule has 4 nitrogen and oxygen atoms in total. The maximum atomic E-state index is 11.2. The van der Waals surface area contributed by atoms with Gasteiger partial charge < -0.3 is 9.84 Å². The van der Waals surface area contributed by atoms with Crippen LogP contribution < -0.4 is 0 Å². The van der Waals surface area contributed by atoms with Gasteiger partial charge in [-0.1, -0.05) is 6.92 Å². The number of piperidine rings is 1. The molecule has 15 heavy (non-hydrogen) atoms. The van der Waals surface area contributed by atoms with E-state index in [-0.39, 0.29) is 24.2 Å². The van der Waals surface area contributed by atoms with Crippen LogP contribution in [0, 0.1) is 0 Å². The summed E-state index contributed by atoms with van der Waals surface area (Å²) in [5.74, 6) is -0.129. The average Bonchev–Trinajstić information content (AvgIpc) is 2.38. The van der Waals surface area contributed by atoms with Gasteiger partial charge in [-0.3, -0.25) is 9.69 Å². The lowest BCUT2D eigenvalue weighted by atomic mass is 10.0. The van der Waals surface area contributed by atoms with Gasteiger partial charge in [-0.2, -0.15) is 0 Å². The second kappa shape index (κ2) is 4.10. The van der Waals surface area contributed by atoms with Crippen molar-refractivity contribution in [3.05, 3.63) is 0 Å². The zero-order valence-electron chi connectivity index (χ0n) is 9.35. The van der Waals surface area contributed by atoms with Gasteiger partial charge in [0.1, 0.15) is 6.10 Å². The Morgan fingerprint density at radius 3 is 2.87 bits per heavy atom. The lowest BCUT2D eigenvalue weighted by Gasteiger charge is -2.34. The molecule has 0 aromatic heterocycles. The molecule has 2 aliphatic rings. The molecular formula is C11H19NO3. The van der Waals surface area contributed by atoms with Gasteiger partial charge in [0, 0.05) is 24.9 Å². The molecule has 1 N–H and O–H groups in total. The van der Waals surface area contributed by atoms with E-state index in [9.17, 15) is 9.90 Å². The molecule has 0 aliphatic carbocycles. The summed E-state index contributed by atoms with van der Waals surface area (Å²) < 4.78 is 5.40. The van der Waals surface area contributed by atoms with E-state index >= 15 is 0 Å². The molecule has 2 aliphatic heterocycles. The summed E-state index contributed by atoms with van der Waals surface area (Å²) >= 11 is 0. The first-order chi connectivity index (χ1) is 7.11. The van der Waals surface area contributed by atoms with Crippen LogP contribution in [0.3, 0.4) is 0 Å². The Labute approximate surface area is 90.2 Å². The van der Waals surface area contributed by atoms with Crippen molar-refractivity contribution in [3.63, 3.8) is 0 Å². The quantitative estimate of drug-likeness (QED) is 0.680. The Morgan fingerprint density at radius 1 is 1.47 bits per heavy atom. The predicted molar refractivity (Wildman–Crippen MR) is 55.4 cm³/mol. The Kier molecular flexibility index (Phi) is 2.98. The highest BCUT2D eigenvalue weighted by molar-refractivity contribution is 5.69.